The van der Waals surface area contributed by atoms with Gasteiger partial charge in [-0.3, -0.25) is 0 Å². The number of rotatable bonds is 9. The van der Waals surface area contributed by atoms with Crippen LogP contribution in [0.1, 0.15) is 38.6 Å². The van der Waals surface area contributed by atoms with Crippen LogP contribution in [0, 0.1) is 5.92 Å². The summed E-state index contributed by atoms with van der Waals surface area (Å²) in [4.78, 5) is 0. The Bertz CT molecular complexity index is 336. The molecule has 1 rings (SSSR count). The van der Waals surface area contributed by atoms with E-state index in [0.717, 1.165) is 31.8 Å². The molecule has 0 amide bonds. The van der Waals surface area contributed by atoms with E-state index >= 15 is 0 Å². The zero-order valence-corrected chi connectivity index (χ0v) is 12.1. The molecule has 5 heteroatoms. The third kappa shape index (κ3) is 4.74. The lowest BCUT2D eigenvalue weighted by atomic mass is 10.1. The molecule has 5 nitrogen and oxygen atoms in total. The van der Waals surface area contributed by atoms with Crippen molar-refractivity contribution in [2.45, 2.75) is 46.7 Å². The molecule has 0 aliphatic rings. The molecule has 0 bridgehead atoms. The Kier molecular flexibility index (Phi) is 6.90. The van der Waals surface area contributed by atoms with Crippen LogP contribution in [0.3, 0.4) is 0 Å². The third-order valence-electron chi connectivity index (χ3n) is 2.87. The van der Waals surface area contributed by atoms with Crippen LogP contribution in [0.2, 0.25) is 0 Å². The van der Waals surface area contributed by atoms with Crippen LogP contribution in [0.15, 0.2) is 0 Å². The zero-order valence-electron chi connectivity index (χ0n) is 12.1. The molecule has 0 fully saturated rings. The molecular formula is C13H26N4O. The number of aromatic nitrogens is 3. The molecule has 0 aliphatic carbocycles. The van der Waals surface area contributed by atoms with E-state index < -0.39 is 0 Å². The van der Waals surface area contributed by atoms with Crippen molar-refractivity contribution in [1.29, 1.82) is 0 Å². The SMILES string of the molecule is CCOCCn1nnc(CNC)c1CCC(C)C. The molecular weight excluding hydrogens is 228 g/mol. The predicted octanol–water partition coefficient (Wildman–Crippen LogP) is 1.62. The highest BCUT2D eigenvalue weighted by Gasteiger charge is 2.12. The van der Waals surface area contributed by atoms with E-state index in [1.54, 1.807) is 0 Å². The summed E-state index contributed by atoms with van der Waals surface area (Å²) in [5, 5.41) is 11.6. The minimum Gasteiger partial charge on any atom is -0.380 e. The maximum atomic E-state index is 5.38. The molecule has 0 radical (unpaired) electrons. The van der Waals surface area contributed by atoms with Crippen molar-refractivity contribution in [3.8, 4) is 0 Å². The minimum absolute atomic E-state index is 0.697. The summed E-state index contributed by atoms with van der Waals surface area (Å²) < 4.78 is 7.37. The molecule has 0 saturated carbocycles. The molecule has 0 spiro atoms. The van der Waals surface area contributed by atoms with E-state index in [1.165, 1.54) is 12.1 Å². The topological polar surface area (TPSA) is 52.0 Å². The van der Waals surface area contributed by atoms with E-state index in [-0.39, 0.29) is 0 Å². The van der Waals surface area contributed by atoms with Gasteiger partial charge in [-0.2, -0.15) is 0 Å². The Balaban J connectivity index is 2.68. The molecule has 0 atom stereocenters. The fourth-order valence-electron chi connectivity index (χ4n) is 1.85. The van der Waals surface area contributed by atoms with Crippen LogP contribution in [0.5, 0.6) is 0 Å². The normalized spacial score (nSPS) is 11.4. The van der Waals surface area contributed by atoms with Gasteiger partial charge in [-0.1, -0.05) is 19.1 Å². The first-order valence-corrected chi connectivity index (χ1v) is 6.82. The molecule has 1 heterocycles. The Hall–Kier alpha value is -0.940. The highest BCUT2D eigenvalue weighted by Crippen LogP contribution is 2.12. The Morgan fingerprint density at radius 3 is 2.78 bits per heavy atom. The van der Waals surface area contributed by atoms with Crippen molar-refractivity contribution in [1.82, 2.24) is 20.3 Å². The molecule has 104 valence electrons. The van der Waals surface area contributed by atoms with Crippen LogP contribution in [0.4, 0.5) is 0 Å². The standard InChI is InChI=1S/C13H26N4O/c1-5-18-9-8-17-13(7-6-11(2)3)12(10-14-4)15-16-17/h11,14H,5-10H2,1-4H3. The third-order valence-corrected chi connectivity index (χ3v) is 2.87. The van der Waals surface area contributed by atoms with Crippen LogP contribution < -0.4 is 5.32 Å². The maximum Gasteiger partial charge on any atom is 0.0996 e. The van der Waals surface area contributed by atoms with E-state index in [0.29, 0.717) is 12.5 Å². The monoisotopic (exact) mass is 254 g/mol. The average Bonchev–Trinajstić information content (AvgIpc) is 2.70. The Morgan fingerprint density at radius 1 is 1.39 bits per heavy atom. The maximum absolute atomic E-state index is 5.38. The molecule has 1 aromatic rings. The highest BCUT2D eigenvalue weighted by molar-refractivity contribution is 5.10. The molecule has 0 aromatic carbocycles. The van der Waals surface area contributed by atoms with Crippen molar-refractivity contribution in [2.75, 3.05) is 20.3 Å². The summed E-state index contributed by atoms with van der Waals surface area (Å²) in [6.45, 7) is 9.51. The summed E-state index contributed by atoms with van der Waals surface area (Å²) >= 11 is 0. The second kappa shape index (κ2) is 8.21. The smallest absolute Gasteiger partial charge is 0.0996 e. The van der Waals surface area contributed by atoms with E-state index in [4.69, 9.17) is 4.74 Å². The van der Waals surface area contributed by atoms with Crippen molar-refractivity contribution >= 4 is 0 Å². The fraction of sp³-hybridized carbons (Fsp3) is 0.846. The molecule has 18 heavy (non-hydrogen) atoms. The number of hydrogen-bond acceptors (Lipinski definition) is 4. The van der Waals surface area contributed by atoms with Crippen LogP contribution in [-0.4, -0.2) is 35.3 Å². The van der Waals surface area contributed by atoms with Crippen LogP contribution >= 0.6 is 0 Å². The van der Waals surface area contributed by atoms with Gasteiger partial charge in [-0.15, -0.1) is 5.10 Å². The number of nitrogens with zero attached hydrogens (tertiary/aromatic N) is 3. The summed E-state index contributed by atoms with van der Waals surface area (Å²) in [5.41, 5.74) is 2.31. The van der Waals surface area contributed by atoms with Gasteiger partial charge in [0.1, 0.15) is 0 Å². The van der Waals surface area contributed by atoms with Gasteiger partial charge in [0.25, 0.3) is 0 Å². The highest BCUT2D eigenvalue weighted by atomic mass is 16.5. The van der Waals surface area contributed by atoms with E-state index in [9.17, 15) is 0 Å². The lowest BCUT2D eigenvalue weighted by Crippen LogP contribution is -2.13. The van der Waals surface area contributed by atoms with Crippen molar-refractivity contribution in [3.63, 3.8) is 0 Å². The number of nitrogens with one attached hydrogen (secondary N) is 1. The van der Waals surface area contributed by atoms with Crippen molar-refractivity contribution in [2.24, 2.45) is 5.92 Å². The summed E-state index contributed by atoms with van der Waals surface area (Å²) in [5.74, 6) is 0.697. The lowest BCUT2D eigenvalue weighted by molar-refractivity contribution is 0.135. The average molecular weight is 254 g/mol. The summed E-state index contributed by atoms with van der Waals surface area (Å²) in [6.07, 6.45) is 2.20. The Labute approximate surface area is 110 Å². The van der Waals surface area contributed by atoms with Crippen molar-refractivity contribution in [3.05, 3.63) is 11.4 Å². The second-order valence-corrected chi connectivity index (χ2v) is 4.87. The predicted molar refractivity (Wildman–Crippen MR) is 72.4 cm³/mol. The zero-order chi connectivity index (χ0) is 13.4. The Morgan fingerprint density at radius 2 is 2.17 bits per heavy atom. The van der Waals surface area contributed by atoms with Gasteiger partial charge in [0.05, 0.1) is 24.5 Å². The van der Waals surface area contributed by atoms with Gasteiger partial charge < -0.3 is 10.1 Å². The lowest BCUT2D eigenvalue weighted by Gasteiger charge is -2.09. The van der Waals surface area contributed by atoms with Gasteiger partial charge in [0.15, 0.2) is 0 Å². The summed E-state index contributed by atoms with van der Waals surface area (Å²) in [7, 11) is 1.94. The fourth-order valence-corrected chi connectivity index (χ4v) is 1.85. The first kappa shape index (κ1) is 15.1. The second-order valence-electron chi connectivity index (χ2n) is 4.87. The van der Waals surface area contributed by atoms with Gasteiger partial charge in [-0.25, -0.2) is 4.68 Å². The molecule has 1 N–H and O–H groups in total. The molecule has 1 aromatic heterocycles. The first-order valence-electron chi connectivity index (χ1n) is 6.82. The molecule has 0 saturated heterocycles. The molecule has 0 aliphatic heterocycles. The number of ether oxygens (including phenoxy) is 1. The summed E-state index contributed by atoms with van der Waals surface area (Å²) in [6, 6.07) is 0. The van der Waals surface area contributed by atoms with Crippen LogP contribution in [0.25, 0.3) is 0 Å². The number of hydrogen-bond donors (Lipinski definition) is 1. The van der Waals surface area contributed by atoms with Gasteiger partial charge in [0, 0.05) is 13.2 Å². The minimum atomic E-state index is 0.697. The van der Waals surface area contributed by atoms with Crippen molar-refractivity contribution < 1.29 is 4.74 Å². The van der Waals surface area contributed by atoms with E-state index in [1.807, 2.05) is 18.7 Å². The van der Waals surface area contributed by atoms with Gasteiger partial charge >= 0.3 is 0 Å². The first-order chi connectivity index (χ1) is 8.69. The van der Waals surface area contributed by atoms with Crippen LogP contribution in [-0.2, 0) is 24.2 Å². The van der Waals surface area contributed by atoms with Gasteiger partial charge in [0.2, 0.25) is 0 Å². The quantitative estimate of drug-likeness (QED) is 0.680. The largest absolute Gasteiger partial charge is 0.380 e. The molecule has 0 unspecified atom stereocenters. The van der Waals surface area contributed by atoms with Gasteiger partial charge in [-0.05, 0) is 32.7 Å². The van der Waals surface area contributed by atoms with E-state index in [2.05, 4.69) is 29.5 Å².